The van der Waals surface area contributed by atoms with Crippen LogP contribution in [0.5, 0.6) is 0 Å². The molecule has 1 aromatic rings. The van der Waals surface area contributed by atoms with Gasteiger partial charge in [0.2, 0.25) is 15.8 Å². The van der Waals surface area contributed by atoms with Gasteiger partial charge in [-0.05, 0) is 37.3 Å². The number of nitro groups is 1. The van der Waals surface area contributed by atoms with Crippen molar-refractivity contribution in [2.24, 2.45) is 5.92 Å². The fourth-order valence-electron chi connectivity index (χ4n) is 2.56. The third-order valence-corrected chi connectivity index (χ3v) is 5.69. The van der Waals surface area contributed by atoms with Gasteiger partial charge in [0.15, 0.2) is 0 Å². The van der Waals surface area contributed by atoms with Gasteiger partial charge < -0.3 is 0 Å². The molecule has 1 atom stereocenters. The number of piperidine rings is 1. The van der Waals surface area contributed by atoms with Gasteiger partial charge in [0.25, 0.3) is 0 Å². The lowest BCUT2D eigenvalue weighted by molar-refractivity contribution is -0.387. The zero-order chi connectivity index (χ0) is 15.8. The summed E-state index contributed by atoms with van der Waals surface area (Å²) in [4.78, 5) is 9.70. The zero-order valence-electron chi connectivity index (χ0n) is 11.9. The molecule has 0 bridgehead atoms. The fraction of sp³-hybridized carbons (Fsp3) is 0.538. The first-order chi connectivity index (χ1) is 9.73. The third-order valence-electron chi connectivity index (χ3n) is 3.68. The van der Waals surface area contributed by atoms with Crippen LogP contribution in [0, 0.1) is 28.8 Å². The number of nitro benzene ring substituents is 1. The minimum atomic E-state index is -3.84. The molecule has 1 unspecified atom stereocenters. The highest BCUT2D eigenvalue weighted by Gasteiger charge is 2.32. The highest BCUT2D eigenvalue weighted by atomic mass is 32.2. The molecule has 6 nitrogen and oxygen atoms in total. The Hall–Kier alpha value is -1.54. The van der Waals surface area contributed by atoms with E-state index in [2.05, 4.69) is 0 Å². The van der Waals surface area contributed by atoms with Gasteiger partial charge in [-0.25, -0.2) is 8.42 Å². The van der Waals surface area contributed by atoms with Crippen molar-refractivity contribution in [3.63, 3.8) is 0 Å². The Balaban J connectivity index is 2.49. The van der Waals surface area contributed by atoms with Crippen molar-refractivity contribution in [2.45, 2.75) is 31.6 Å². The molecular weight excluding hydrogens is 299 g/mol. The molecule has 1 aliphatic rings. The summed E-state index contributed by atoms with van der Waals surface area (Å²) >= 11 is 0. The lowest BCUT2D eigenvalue weighted by Crippen LogP contribution is -2.39. The minimum absolute atomic E-state index is 0.177. The maximum Gasteiger partial charge on any atom is 0.306 e. The summed E-state index contributed by atoms with van der Waals surface area (Å²) in [6, 6.07) is 1.72. The lowest BCUT2D eigenvalue weighted by Gasteiger charge is -2.30. The Bertz CT molecular complexity index is 675. The molecule has 1 fully saturated rings. The summed E-state index contributed by atoms with van der Waals surface area (Å²) in [5.41, 5.74) is -0.638. The van der Waals surface area contributed by atoms with Gasteiger partial charge in [-0.3, -0.25) is 10.1 Å². The van der Waals surface area contributed by atoms with E-state index >= 15 is 0 Å². The topological polar surface area (TPSA) is 80.5 Å². The van der Waals surface area contributed by atoms with Crippen LogP contribution in [0.25, 0.3) is 0 Å². The summed E-state index contributed by atoms with van der Waals surface area (Å²) in [6.45, 7) is 4.17. The zero-order valence-corrected chi connectivity index (χ0v) is 12.7. The molecule has 0 radical (unpaired) electrons. The standard InChI is InChI=1S/C13H17FN2O4S/c1-9-4-3-5-15(8-9)21(19,20)13-7-12(16(17)18)11(14)6-10(13)2/h6-7,9H,3-5,8H2,1-2H3. The van der Waals surface area contributed by atoms with Crippen molar-refractivity contribution in [2.75, 3.05) is 13.1 Å². The largest absolute Gasteiger partial charge is 0.306 e. The van der Waals surface area contributed by atoms with Gasteiger partial charge in [-0.15, -0.1) is 0 Å². The molecule has 1 aliphatic heterocycles. The van der Waals surface area contributed by atoms with E-state index in [1.165, 1.54) is 11.2 Å². The van der Waals surface area contributed by atoms with E-state index in [1.54, 1.807) is 0 Å². The minimum Gasteiger partial charge on any atom is -0.258 e. The normalized spacial score (nSPS) is 20.4. The molecular formula is C13H17FN2O4S. The van der Waals surface area contributed by atoms with Gasteiger partial charge in [0.1, 0.15) is 0 Å². The Morgan fingerprint density at radius 2 is 2.10 bits per heavy atom. The molecule has 0 N–H and O–H groups in total. The average molecular weight is 316 g/mol. The summed E-state index contributed by atoms with van der Waals surface area (Å²) in [5.74, 6) is -0.785. The number of sulfonamides is 1. The van der Waals surface area contributed by atoms with Crippen LogP contribution in [0.3, 0.4) is 0 Å². The van der Waals surface area contributed by atoms with Crippen LogP contribution in [-0.4, -0.2) is 30.7 Å². The van der Waals surface area contributed by atoms with Crippen LogP contribution in [-0.2, 0) is 10.0 Å². The number of halogens is 1. The predicted octanol–water partition coefficient (Wildman–Crippen LogP) is 2.46. The van der Waals surface area contributed by atoms with E-state index in [9.17, 15) is 22.9 Å². The van der Waals surface area contributed by atoms with E-state index in [-0.39, 0.29) is 16.4 Å². The van der Waals surface area contributed by atoms with E-state index in [4.69, 9.17) is 0 Å². The summed E-state index contributed by atoms with van der Waals surface area (Å²) < 4.78 is 40.1. The van der Waals surface area contributed by atoms with Gasteiger partial charge in [-0.1, -0.05) is 6.92 Å². The number of nitrogens with zero attached hydrogens (tertiary/aromatic N) is 2. The van der Waals surface area contributed by atoms with Crippen molar-refractivity contribution in [3.8, 4) is 0 Å². The number of aryl methyl sites for hydroxylation is 1. The Kier molecular flexibility index (Phi) is 4.29. The Morgan fingerprint density at radius 3 is 2.67 bits per heavy atom. The summed E-state index contributed by atoms with van der Waals surface area (Å²) in [6.07, 6.45) is 1.71. The first kappa shape index (κ1) is 15.8. The summed E-state index contributed by atoms with van der Waals surface area (Å²) in [5, 5.41) is 10.8. The van der Waals surface area contributed by atoms with Gasteiger partial charge in [0.05, 0.1) is 9.82 Å². The van der Waals surface area contributed by atoms with E-state index in [0.29, 0.717) is 13.1 Å². The first-order valence-corrected chi connectivity index (χ1v) is 8.12. The molecule has 0 spiro atoms. The van der Waals surface area contributed by atoms with Gasteiger partial charge in [0, 0.05) is 19.2 Å². The molecule has 2 rings (SSSR count). The molecule has 0 amide bonds. The van der Waals surface area contributed by atoms with Crippen molar-refractivity contribution in [3.05, 3.63) is 33.6 Å². The molecule has 1 heterocycles. The molecule has 8 heteroatoms. The Labute approximate surface area is 122 Å². The van der Waals surface area contributed by atoms with Gasteiger partial charge >= 0.3 is 5.69 Å². The molecule has 116 valence electrons. The number of rotatable bonds is 3. The second-order valence-electron chi connectivity index (χ2n) is 5.44. The van der Waals surface area contributed by atoms with Crippen molar-refractivity contribution in [1.29, 1.82) is 0 Å². The van der Waals surface area contributed by atoms with Crippen molar-refractivity contribution < 1.29 is 17.7 Å². The van der Waals surface area contributed by atoms with Crippen LogP contribution in [0.4, 0.5) is 10.1 Å². The van der Waals surface area contributed by atoms with Crippen molar-refractivity contribution in [1.82, 2.24) is 4.31 Å². The Morgan fingerprint density at radius 1 is 1.43 bits per heavy atom. The molecule has 0 saturated carbocycles. The third kappa shape index (κ3) is 3.06. The second kappa shape index (κ2) is 5.69. The highest BCUT2D eigenvalue weighted by Crippen LogP contribution is 2.29. The first-order valence-electron chi connectivity index (χ1n) is 6.68. The van der Waals surface area contributed by atoms with Gasteiger partial charge in [-0.2, -0.15) is 8.70 Å². The summed E-state index contributed by atoms with van der Waals surface area (Å²) in [7, 11) is -3.84. The maximum absolute atomic E-state index is 13.5. The molecule has 0 aromatic heterocycles. The number of hydrogen-bond donors (Lipinski definition) is 0. The van der Waals surface area contributed by atoms with Crippen LogP contribution in [0.1, 0.15) is 25.3 Å². The average Bonchev–Trinajstić information content (AvgIpc) is 2.37. The van der Waals surface area contributed by atoms with E-state index < -0.39 is 26.5 Å². The van der Waals surface area contributed by atoms with Crippen LogP contribution >= 0.6 is 0 Å². The number of benzene rings is 1. The van der Waals surface area contributed by atoms with Crippen LogP contribution < -0.4 is 0 Å². The highest BCUT2D eigenvalue weighted by molar-refractivity contribution is 7.89. The van der Waals surface area contributed by atoms with Crippen molar-refractivity contribution >= 4 is 15.7 Å². The monoisotopic (exact) mass is 316 g/mol. The quantitative estimate of drug-likeness (QED) is 0.633. The SMILES string of the molecule is Cc1cc(F)c([N+](=O)[O-])cc1S(=O)(=O)N1CCCC(C)C1. The molecule has 0 aliphatic carbocycles. The smallest absolute Gasteiger partial charge is 0.258 e. The second-order valence-corrected chi connectivity index (χ2v) is 7.34. The van der Waals surface area contributed by atoms with Crippen LogP contribution in [0.2, 0.25) is 0 Å². The maximum atomic E-state index is 13.5. The fourth-order valence-corrected chi connectivity index (χ4v) is 4.39. The molecule has 21 heavy (non-hydrogen) atoms. The van der Waals surface area contributed by atoms with E-state index in [0.717, 1.165) is 25.0 Å². The van der Waals surface area contributed by atoms with Crippen LogP contribution in [0.15, 0.2) is 17.0 Å². The predicted molar refractivity (Wildman–Crippen MR) is 74.9 cm³/mol. The lowest BCUT2D eigenvalue weighted by atomic mass is 10.0. The molecule has 1 saturated heterocycles. The number of hydrogen-bond acceptors (Lipinski definition) is 4. The molecule has 1 aromatic carbocycles. The van der Waals surface area contributed by atoms with E-state index in [1.807, 2.05) is 6.92 Å².